The van der Waals surface area contributed by atoms with Crippen LogP contribution in [0.1, 0.15) is 39.0 Å². The minimum Gasteiger partial charge on any atom is -0.311 e. The molecule has 2 fully saturated rings. The van der Waals surface area contributed by atoms with Gasteiger partial charge in [-0.3, -0.25) is 0 Å². The lowest BCUT2D eigenvalue weighted by Gasteiger charge is -2.49. The third-order valence-corrected chi connectivity index (χ3v) is 3.06. The lowest BCUT2D eigenvalue weighted by atomic mass is 9.65. The Kier molecular flexibility index (Phi) is 1.48. The maximum atomic E-state index is 3.66. The van der Waals surface area contributed by atoms with Crippen LogP contribution in [0.2, 0.25) is 0 Å². The summed E-state index contributed by atoms with van der Waals surface area (Å²) >= 11 is 0. The first-order chi connectivity index (χ1) is 4.81. The molecule has 1 heteroatoms. The van der Waals surface area contributed by atoms with Crippen molar-refractivity contribution in [3.05, 3.63) is 0 Å². The lowest BCUT2D eigenvalue weighted by molar-refractivity contribution is 0.0852. The van der Waals surface area contributed by atoms with Crippen molar-refractivity contribution in [2.45, 2.75) is 44.6 Å². The first-order valence-electron chi connectivity index (χ1n) is 4.56. The van der Waals surface area contributed by atoms with Gasteiger partial charge in [-0.05, 0) is 38.1 Å². The van der Waals surface area contributed by atoms with Gasteiger partial charge in [0, 0.05) is 5.54 Å². The normalized spacial score (nSPS) is 47.1. The molecule has 0 aromatic rings. The summed E-state index contributed by atoms with van der Waals surface area (Å²) in [5, 5.41) is 3.66. The van der Waals surface area contributed by atoms with Gasteiger partial charge < -0.3 is 5.32 Å². The molecule has 0 amide bonds. The zero-order valence-corrected chi connectivity index (χ0v) is 6.82. The van der Waals surface area contributed by atoms with Crippen molar-refractivity contribution in [2.75, 3.05) is 6.54 Å². The molecular formula is C9H17N. The van der Waals surface area contributed by atoms with Crippen LogP contribution in [0.3, 0.4) is 0 Å². The summed E-state index contributed by atoms with van der Waals surface area (Å²) in [6, 6.07) is 0. The van der Waals surface area contributed by atoms with Crippen LogP contribution in [0.5, 0.6) is 0 Å². The van der Waals surface area contributed by atoms with Crippen molar-refractivity contribution in [2.24, 2.45) is 5.92 Å². The average molecular weight is 139 g/mol. The van der Waals surface area contributed by atoms with Crippen molar-refractivity contribution in [3.63, 3.8) is 0 Å². The second-order valence-corrected chi connectivity index (χ2v) is 4.18. The predicted molar refractivity (Wildman–Crippen MR) is 43.0 cm³/mol. The van der Waals surface area contributed by atoms with Gasteiger partial charge in [0.1, 0.15) is 0 Å². The second kappa shape index (κ2) is 2.23. The summed E-state index contributed by atoms with van der Waals surface area (Å²) in [5.41, 5.74) is 0.623. The number of nitrogens with one attached hydrogen (secondary N) is 1. The van der Waals surface area contributed by atoms with Gasteiger partial charge in [-0.15, -0.1) is 0 Å². The Labute approximate surface area is 63.2 Å². The summed E-state index contributed by atoms with van der Waals surface area (Å²) in [5.74, 6) is 0.991. The van der Waals surface area contributed by atoms with Crippen LogP contribution in [0.25, 0.3) is 0 Å². The SMILES string of the molecule is CC1CC2(CCCCN2)C1. The van der Waals surface area contributed by atoms with Crippen LogP contribution in [0, 0.1) is 5.92 Å². The molecule has 1 spiro atoms. The van der Waals surface area contributed by atoms with Crippen LogP contribution < -0.4 is 5.32 Å². The Morgan fingerprint density at radius 3 is 2.60 bits per heavy atom. The highest BCUT2D eigenvalue weighted by Gasteiger charge is 2.41. The standard InChI is InChI=1S/C9H17N/c1-8-6-9(7-8)4-2-3-5-10-9/h8,10H,2-7H2,1H3. The monoisotopic (exact) mass is 139 g/mol. The van der Waals surface area contributed by atoms with Gasteiger partial charge in [-0.1, -0.05) is 13.3 Å². The van der Waals surface area contributed by atoms with Crippen LogP contribution in [-0.4, -0.2) is 12.1 Å². The van der Waals surface area contributed by atoms with Crippen LogP contribution in [0.15, 0.2) is 0 Å². The number of hydrogen-bond donors (Lipinski definition) is 1. The van der Waals surface area contributed by atoms with Gasteiger partial charge in [-0.25, -0.2) is 0 Å². The Bertz CT molecular complexity index is 109. The molecule has 1 nitrogen and oxygen atoms in total. The summed E-state index contributed by atoms with van der Waals surface area (Å²) in [6.07, 6.45) is 7.17. The number of hydrogen-bond acceptors (Lipinski definition) is 1. The van der Waals surface area contributed by atoms with Crippen molar-refractivity contribution in [1.82, 2.24) is 5.32 Å². The first kappa shape index (κ1) is 6.66. The zero-order chi connectivity index (χ0) is 7.03. The molecule has 0 unspecified atom stereocenters. The Morgan fingerprint density at radius 2 is 2.10 bits per heavy atom. The van der Waals surface area contributed by atoms with Gasteiger partial charge >= 0.3 is 0 Å². The smallest absolute Gasteiger partial charge is 0.0186 e. The topological polar surface area (TPSA) is 12.0 Å². The molecule has 1 saturated heterocycles. The maximum absolute atomic E-state index is 3.66. The average Bonchev–Trinajstić information content (AvgIpc) is 1.87. The lowest BCUT2D eigenvalue weighted by Crippen LogP contribution is -2.56. The van der Waals surface area contributed by atoms with Crippen LogP contribution >= 0.6 is 0 Å². The molecule has 58 valence electrons. The zero-order valence-electron chi connectivity index (χ0n) is 6.82. The van der Waals surface area contributed by atoms with E-state index in [2.05, 4.69) is 12.2 Å². The van der Waals surface area contributed by atoms with E-state index in [0.29, 0.717) is 5.54 Å². The van der Waals surface area contributed by atoms with Crippen LogP contribution in [-0.2, 0) is 0 Å². The van der Waals surface area contributed by atoms with Crippen LogP contribution in [0.4, 0.5) is 0 Å². The summed E-state index contributed by atoms with van der Waals surface area (Å²) in [7, 11) is 0. The van der Waals surface area contributed by atoms with Gasteiger partial charge in [0.25, 0.3) is 0 Å². The van der Waals surface area contributed by atoms with E-state index >= 15 is 0 Å². The molecule has 1 heterocycles. The van der Waals surface area contributed by atoms with E-state index < -0.39 is 0 Å². The van der Waals surface area contributed by atoms with E-state index in [1.54, 1.807) is 0 Å². The van der Waals surface area contributed by atoms with Gasteiger partial charge in [0.2, 0.25) is 0 Å². The highest BCUT2D eigenvalue weighted by atomic mass is 15.0. The molecule has 0 atom stereocenters. The number of rotatable bonds is 0. The molecular weight excluding hydrogens is 122 g/mol. The van der Waals surface area contributed by atoms with E-state index in [1.165, 1.54) is 38.6 Å². The summed E-state index contributed by atoms with van der Waals surface area (Å²) < 4.78 is 0. The van der Waals surface area contributed by atoms with Crippen molar-refractivity contribution < 1.29 is 0 Å². The van der Waals surface area contributed by atoms with Crippen molar-refractivity contribution in [3.8, 4) is 0 Å². The molecule has 1 N–H and O–H groups in total. The number of piperidine rings is 1. The second-order valence-electron chi connectivity index (χ2n) is 4.18. The first-order valence-corrected chi connectivity index (χ1v) is 4.56. The molecule has 0 bridgehead atoms. The van der Waals surface area contributed by atoms with E-state index in [9.17, 15) is 0 Å². The fourth-order valence-electron chi connectivity index (χ4n) is 2.65. The Morgan fingerprint density at radius 1 is 1.30 bits per heavy atom. The molecule has 1 aliphatic carbocycles. The van der Waals surface area contributed by atoms with Gasteiger partial charge in [-0.2, -0.15) is 0 Å². The van der Waals surface area contributed by atoms with Gasteiger partial charge in [0.05, 0.1) is 0 Å². The Balaban J connectivity index is 1.90. The predicted octanol–water partition coefficient (Wildman–Crippen LogP) is 1.93. The maximum Gasteiger partial charge on any atom is 0.0186 e. The fourth-order valence-corrected chi connectivity index (χ4v) is 2.65. The molecule has 1 saturated carbocycles. The molecule has 0 radical (unpaired) electrons. The molecule has 0 aromatic carbocycles. The quantitative estimate of drug-likeness (QED) is 0.540. The third kappa shape index (κ3) is 0.968. The summed E-state index contributed by atoms with van der Waals surface area (Å²) in [4.78, 5) is 0. The molecule has 0 aromatic heterocycles. The van der Waals surface area contributed by atoms with E-state index in [-0.39, 0.29) is 0 Å². The molecule has 10 heavy (non-hydrogen) atoms. The van der Waals surface area contributed by atoms with E-state index in [0.717, 1.165) is 5.92 Å². The Hall–Kier alpha value is -0.0400. The molecule has 2 rings (SSSR count). The fraction of sp³-hybridized carbons (Fsp3) is 1.00. The third-order valence-electron chi connectivity index (χ3n) is 3.06. The highest BCUT2D eigenvalue weighted by molar-refractivity contribution is 5.00. The van der Waals surface area contributed by atoms with Gasteiger partial charge in [0.15, 0.2) is 0 Å². The van der Waals surface area contributed by atoms with Crippen molar-refractivity contribution in [1.29, 1.82) is 0 Å². The summed E-state index contributed by atoms with van der Waals surface area (Å²) in [6.45, 7) is 3.63. The minimum absolute atomic E-state index is 0.623. The van der Waals surface area contributed by atoms with Crippen molar-refractivity contribution >= 4 is 0 Å². The van der Waals surface area contributed by atoms with E-state index in [1.807, 2.05) is 0 Å². The largest absolute Gasteiger partial charge is 0.311 e. The minimum atomic E-state index is 0.623. The molecule has 1 aliphatic heterocycles. The van der Waals surface area contributed by atoms with E-state index in [4.69, 9.17) is 0 Å². The molecule has 2 aliphatic rings. The highest BCUT2D eigenvalue weighted by Crippen LogP contribution is 2.42.